The number of nitrogens with zero attached hydrogens (tertiary/aromatic N) is 2. The second-order valence-electron chi connectivity index (χ2n) is 5.57. The van der Waals surface area contributed by atoms with Crippen molar-refractivity contribution in [3.8, 4) is 11.4 Å². The van der Waals surface area contributed by atoms with Gasteiger partial charge in [-0.15, -0.1) is 0 Å². The summed E-state index contributed by atoms with van der Waals surface area (Å²) in [4.78, 5) is 4.33. The van der Waals surface area contributed by atoms with Gasteiger partial charge in [0, 0.05) is 12.0 Å². The van der Waals surface area contributed by atoms with Gasteiger partial charge in [-0.3, -0.25) is 0 Å². The number of nitrogens with two attached hydrogens (primary N) is 1. The third-order valence-electron chi connectivity index (χ3n) is 3.24. The first-order chi connectivity index (χ1) is 9.99. The summed E-state index contributed by atoms with van der Waals surface area (Å²) in [5.41, 5.74) is 6.33. The molecule has 0 amide bonds. The predicted molar refractivity (Wildman–Crippen MR) is 80.4 cm³/mol. The van der Waals surface area contributed by atoms with Gasteiger partial charge in [-0.05, 0) is 43.0 Å². The number of benzene rings is 1. The molecule has 1 aromatic carbocycles. The van der Waals surface area contributed by atoms with Gasteiger partial charge in [0.15, 0.2) is 0 Å². The van der Waals surface area contributed by atoms with E-state index in [0.717, 1.165) is 6.42 Å². The van der Waals surface area contributed by atoms with Crippen molar-refractivity contribution in [2.24, 2.45) is 17.6 Å². The SMILES string of the molecule is CC(C)CC(CN)Cc1nc(-c2ccc(F)cc2Cl)no1. The largest absolute Gasteiger partial charge is 0.339 e. The molecule has 1 heterocycles. The molecule has 2 N–H and O–H groups in total. The molecule has 0 aliphatic heterocycles. The number of aromatic nitrogens is 2. The van der Waals surface area contributed by atoms with Crippen molar-refractivity contribution in [2.45, 2.75) is 26.7 Å². The first kappa shape index (κ1) is 15.9. The molecule has 0 fully saturated rings. The summed E-state index contributed by atoms with van der Waals surface area (Å²) >= 11 is 5.99. The molecule has 2 rings (SSSR count). The standard InChI is InChI=1S/C15H19ClFN3O/c1-9(2)5-10(8-18)6-14-19-15(20-21-14)12-4-3-11(17)7-13(12)16/h3-4,7,9-10H,5-6,8,18H2,1-2H3. The minimum Gasteiger partial charge on any atom is -0.339 e. The van der Waals surface area contributed by atoms with Crippen LogP contribution in [0.15, 0.2) is 22.7 Å². The van der Waals surface area contributed by atoms with E-state index in [1.54, 1.807) is 6.07 Å². The normalized spacial score (nSPS) is 12.9. The van der Waals surface area contributed by atoms with Crippen molar-refractivity contribution >= 4 is 11.6 Å². The summed E-state index contributed by atoms with van der Waals surface area (Å²) in [7, 11) is 0. The van der Waals surface area contributed by atoms with Gasteiger partial charge >= 0.3 is 0 Å². The molecular weight excluding hydrogens is 293 g/mol. The van der Waals surface area contributed by atoms with Crippen molar-refractivity contribution in [1.82, 2.24) is 10.1 Å². The summed E-state index contributed by atoms with van der Waals surface area (Å²) in [5.74, 6) is 1.37. The fraction of sp³-hybridized carbons (Fsp3) is 0.467. The smallest absolute Gasteiger partial charge is 0.227 e. The molecule has 4 nitrogen and oxygen atoms in total. The first-order valence-corrected chi connectivity index (χ1v) is 7.35. The average molecular weight is 312 g/mol. The van der Waals surface area contributed by atoms with Crippen molar-refractivity contribution in [3.63, 3.8) is 0 Å². The van der Waals surface area contributed by atoms with E-state index < -0.39 is 5.82 Å². The Morgan fingerprint density at radius 1 is 1.38 bits per heavy atom. The van der Waals surface area contributed by atoms with Gasteiger partial charge in [0.2, 0.25) is 11.7 Å². The Kier molecular flexibility index (Phi) is 5.31. The molecule has 1 unspecified atom stereocenters. The van der Waals surface area contributed by atoms with Crippen LogP contribution in [0.4, 0.5) is 4.39 Å². The minimum atomic E-state index is -0.396. The van der Waals surface area contributed by atoms with E-state index in [2.05, 4.69) is 24.0 Å². The lowest BCUT2D eigenvalue weighted by Crippen LogP contribution is -2.19. The highest BCUT2D eigenvalue weighted by molar-refractivity contribution is 6.33. The van der Waals surface area contributed by atoms with Crippen LogP contribution < -0.4 is 5.73 Å². The Morgan fingerprint density at radius 3 is 2.76 bits per heavy atom. The number of rotatable bonds is 6. The third-order valence-corrected chi connectivity index (χ3v) is 3.55. The molecule has 0 saturated heterocycles. The Labute approximate surface area is 128 Å². The van der Waals surface area contributed by atoms with E-state index in [0.29, 0.717) is 42.1 Å². The Hall–Kier alpha value is -1.46. The molecule has 2 aromatic rings. The van der Waals surface area contributed by atoms with Gasteiger partial charge < -0.3 is 10.3 Å². The van der Waals surface area contributed by atoms with E-state index in [9.17, 15) is 4.39 Å². The lowest BCUT2D eigenvalue weighted by molar-refractivity contribution is 0.332. The van der Waals surface area contributed by atoms with E-state index in [-0.39, 0.29) is 5.02 Å². The van der Waals surface area contributed by atoms with Gasteiger partial charge in [0.05, 0.1) is 5.02 Å². The zero-order valence-corrected chi connectivity index (χ0v) is 12.9. The second-order valence-corrected chi connectivity index (χ2v) is 5.98. The first-order valence-electron chi connectivity index (χ1n) is 6.97. The summed E-state index contributed by atoms with van der Waals surface area (Å²) < 4.78 is 18.3. The number of hydrogen-bond donors (Lipinski definition) is 1. The van der Waals surface area contributed by atoms with Crippen molar-refractivity contribution in [1.29, 1.82) is 0 Å². The summed E-state index contributed by atoms with van der Waals surface area (Å²) in [6.45, 7) is 4.88. The molecule has 1 aromatic heterocycles. The summed E-state index contributed by atoms with van der Waals surface area (Å²) in [6.07, 6.45) is 1.64. The lowest BCUT2D eigenvalue weighted by atomic mass is 9.94. The zero-order chi connectivity index (χ0) is 15.4. The Morgan fingerprint density at radius 2 is 2.14 bits per heavy atom. The molecule has 1 atom stereocenters. The summed E-state index contributed by atoms with van der Waals surface area (Å²) in [6, 6.07) is 4.09. The topological polar surface area (TPSA) is 64.9 Å². The van der Waals surface area contributed by atoms with Crippen LogP contribution in [0, 0.1) is 17.7 Å². The third kappa shape index (κ3) is 4.25. The van der Waals surface area contributed by atoms with Gasteiger partial charge in [0.1, 0.15) is 5.82 Å². The molecule has 0 aliphatic rings. The quantitative estimate of drug-likeness (QED) is 0.883. The van der Waals surface area contributed by atoms with Crippen LogP contribution in [0.3, 0.4) is 0 Å². The molecule has 0 spiro atoms. The van der Waals surface area contributed by atoms with Gasteiger partial charge in [-0.25, -0.2) is 4.39 Å². The Balaban J connectivity index is 2.14. The highest BCUT2D eigenvalue weighted by Gasteiger charge is 2.17. The highest BCUT2D eigenvalue weighted by Crippen LogP contribution is 2.26. The molecule has 21 heavy (non-hydrogen) atoms. The van der Waals surface area contributed by atoms with E-state index in [1.165, 1.54) is 12.1 Å². The van der Waals surface area contributed by atoms with Crippen LogP contribution in [0.25, 0.3) is 11.4 Å². The van der Waals surface area contributed by atoms with Gasteiger partial charge in [-0.2, -0.15) is 4.98 Å². The van der Waals surface area contributed by atoms with Crippen LogP contribution in [-0.2, 0) is 6.42 Å². The second kappa shape index (κ2) is 7.00. The molecule has 114 valence electrons. The van der Waals surface area contributed by atoms with Crippen LogP contribution >= 0.6 is 11.6 Å². The van der Waals surface area contributed by atoms with Crippen LogP contribution in [0.1, 0.15) is 26.2 Å². The Bertz CT molecular complexity index is 600. The maximum atomic E-state index is 13.0. The van der Waals surface area contributed by atoms with Gasteiger partial charge in [-0.1, -0.05) is 30.6 Å². The lowest BCUT2D eigenvalue weighted by Gasteiger charge is -2.14. The van der Waals surface area contributed by atoms with Gasteiger partial charge in [0.25, 0.3) is 0 Å². The molecule has 0 bridgehead atoms. The minimum absolute atomic E-state index is 0.264. The molecular formula is C15H19ClFN3O. The monoisotopic (exact) mass is 311 g/mol. The van der Waals surface area contributed by atoms with Crippen LogP contribution in [0.5, 0.6) is 0 Å². The van der Waals surface area contributed by atoms with E-state index in [1.807, 2.05) is 0 Å². The molecule has 0 aliphatic carbocycles. The predicted octanol–water partition coefficient (Wildman–Crippen LogP) is 3.69. The van der Waals surface area contributed by atoms with Crippen molar-refractivity contribution < 1.29 is 8.91 Å². The molecule has 6 heteroatoms. The summed E-state index contributed by atoms with van der Waals surface area (Å²) in [5, 5.41) is 4.17. The van der Waals surface area contributed by atoms with Crippen LogP contribution in [0.2, 0.25) is 5.02 Å². The molecule has 0 saturated carbocycles. The highest BCUT2D eigenvalue weighted by atomic mass is 35.5. The maximum absolute atomic E-state index is 13.0. The zero-order valence-electron chi connectivity index (χ0n) is 12.1. The fourth-order valence-electron chi connectivity index (χ4n) is 2.29. The maximum Gasteiger partial charge on any atom is 0.227 e. The van der Waals surface area contributed by atoms with Crippen molar-refractivity contribution in [2.75, 3.05) is 6.54 Å². The number of halogens is 2. The molecule has 0 radical (unpaired) electrons. The van der Waals surface area contributed by atoms with E-state index >= 15 is 0 Å². The number of hydrogen-bond acceptors (Lipinski definition) is 4. The fourth-order valence-corrected chi connectivity index (χ4v) is 2.55. The van der Waals surface area contributed by atoms with Crippen molar-refractivity contribution in [3.05, 3.63) is 34.9 Å². The average Bonchev–Trinajstić information content (AvgIpc) is 2.85. The van der Waals surface area contributed by atoms with E-state index in [4.69, 9.17) is 21.9 Å². The van der Waals surface area contributed by atoms with Crippen LogP contribution in [-0.4, -0.2) is 16.7 Å².